The number of rotatable bonds is 6. The van der Waals surface area contributed by atoms with Gasteiger partial charge in [0.1, 0.15) is 0 Å². The fraction of sp³-hybridized carbons (Fsp3) is 0.286. The third kappa shape index (κ3) is 5.53. The number of ether oxygens (including phenoxy) is 1. The van der Waals surface area contributed by atoms with Crippen molar-refractivity contribution in [2.45, 2.75) is 26.1 Å². The molecule has 5 rings (SSSR count). The SMILES string of the molecule is CC1Oc2c(cccc2C(=O)Nc2ccc(CN3CCN(Cc4ccccc4)CC3)cc2)NC1=O. The van der Waals surface area contributed by atoms with Crippen molar-refractivity contribution in [3.05, 3.63) is 89.5 Å². The number of para-hydroxylation sites is 1. The number of carbonyl (C=O) groups excluding carboxylic acids is 2. The van der Waals surface area contributed by atoms with Crippen LogP contribution in [-0.2, 0) is 17.9 Å². The molecule has 1 atom stereocenters. The van der Waals surface area contributed by atoms with Crippen molar-refractivity contribution >= 4 is 23.2 Å². The van der Waals surface area contributed by atoms with Gasteiger partial charge in [-0.25, -0.2) is 0 Å². The Labute approximate surface area is 205 Å². The minimum absolute atomic E-state index is 0.219. The zero-order chi connectivity index (χ0) is 24.2. The summed E-state index contributed by atoms with van der Waals surface area (Å²) in [7, 11) is 0. The molecule has 0 bridgehead atoms. The van der Waals surface area contributed by atoms with Crippen molar-refractivity contribution in [1.82, 2.24) is 9.80 Å². The molecule has 0 radical (unpaired) electrons. The highest BCUT2D eigenvalue weighted by Crippen LogP contribution is 2.33. The van der Waals surface area contributed by atoms with Gasteiger partial charge < -0.3 is 15.4 Å². The van der Waals surface area contributed by atoms with E-state index >= 15 is 0 Å². The van der Waals surface area contributed by atoms with Crippen LogP contribution < -0.4 is 15.4 Å². The quantitative estimate of drug-likeness (QED) is 0.570. The summed E-state index contributed by atoms with van der Waals surface area (Å²) in [5, 5.41) is 5.72. The topological polar surface area (TPSA) is 73.9 Å². The van der Waals surface area contributed by atoms with Gasteiger partial charge in [0.05, 0.1) is 11.3 Å². The lowest BCUT2D eigenvalue weighted by atomic mass is 10.1. The molecule has 0 spiro atoms. The molecule has 0 aromatic heterocycles. The molecule has 2 aliphatic rings. The highest BCUT2D eigenvalue weighted by atomic mass is 16.5. The van der Waals surface area contributed by atoms with Crippen molar-refractivity contribution in [3.63, 3.8) is 0 Å². The van der Waals surface area contributed by atoms with Crippen LogP contribution in [0.2, 0.25) is 0 Å². The maximum atomic E-state index is 12.9. The van der Waals surface area contributed by atoms with E-state index in [0.29, 0.717) is 17.0 Å². The normalized spacial score (nSPS) is 18.3. The number of carbonyl (C=O) groups is 2. The second-order valence-electron chi connectivity index (χ2n) is 9.12. The van der Waals surface area contributed by atoms with E-state index in [1.807, 2.05) is 12.1 Å². The van der Waals surface area contributed by atoms with Crippen LogP contribution >= 0.6 is 0 Å². The molecule has 7 heteroatoms. The number of amides is 2. The lowest BCUT2D eigenvalue weighted by Gasteiger charge is -2.34. The Bertz CT molecular complexity index is 1190. The van der Waals surface area contributed by atoms with Gasteiger partial charge in [0.25, 0.3) is 11.8 Å². The fourth-order valence-corrected chi connectivity index (χ4v) is 4.50. The Hall–Kier alpha value is -3.68. The number of benzene rings is 3. The molecule has 2 N–H and O–H groups in total. The van der Waals surface area contributed by atoms with Gasteiger partial charge in [0.15, 0.2) is 11.9 Å². The molecule has 0 saturated carbocycles. The summed E-state index contributed by atoms with van der Waals surface area (Å²) in [5.74, 6) is -0.0872. The van der Waals surface area contributed by atoms with Gasteiger partial charge in [-0.2, -0.15) is 0 Å². The summed E-state index contributed by atoms with van der Waals surface area (Å²) in [5.41, 5.74) is 4.21. The van der Waals surface area contributed by atoms with Gasteiger partial charge in [0.2, 0.25) is 0 Å². The van der Waals surface area contributed by atoms with Crippen molar-refractivity contribution in [3.8, 4) is 5.75 Å². The van der Waals surface area contributed by atoms with Gasteiger partial charge >= 0.3 is 0 Å². The second kappa shape index (κ2) is 10.3. The molecule has 2 heterocycles. The number of anilines is 2. The first-order valence-corrected chi connectivity index (χ1v) is 12.0. The van der Waals surface area contributed by atoms with Gasteiger partial charge in [-0.1, -0.05) is 48.5 Å². The summed E-state index contributed by atoms with van der Waals surface area (Å²) >= 11 is 0. The lowest BCUT2D eigenvalue weighted by molar-refractivity contribution is -0.122. The van der Waals surface area contributed by atoms with Gasteiger partial charge in [-0.05, 0) is 42.3 Å². The molecule has 1 fully saturated rings. The number of nitrogens with zero attached hydrogens (tertiary/aromatic N) is 2. The molecule has 2 amide bonds. The standard InChI is InChI=1S/C28H30N4O3/c1-20-27(33)30-25-9-5-8-24(26(25)35-20)28(34)29-23-12-10-22(11-13-23)19-32-16-14-31(15-17-32)18-21-6-3-2-4-7-21/h2-13,20H,14-19H2,1H3,(H,29,34)(H,30,33). The molecular formula is C28H30N4O3. The minimum Gasteiger partial charge on any atom is -0.478 e. The van der Waals surface area contributed by atoms with E-state index in [-0.39, 0.29) is 11.8 Å². The number of piperazine rings is 1. The molecule has 7 nitrogen and oxygen atoms in total. The second-order valence-corrected chi connectivity index (χ2v) is 9.12. The molecule has 1 saturated heterocycles. The summed E-state index contributed by atoms with van der Waals surface area (Å²) in [6, 6.07) is 23.8. The van der Waals surface area contributed by atoms with Crippen LogP contribution in [0, 0.1) is 0 Å². The molecule has 2 aliphatic heterocycles. The predicted octanol–water partition coefficient (Wildman–Crippen LogP) is 3.98. The van der Waals surface area contributed by atoms with Crippen LogP contribution in [0.1, 0.15) is 28.4 Å². The minimum atomic E-state index is -0.643. The van der Waals surface area contributed by atoms with Gasteiger partial charge in [0, 0.05) is 45.0 Å². The average Bonchev–Trinajstić information content (AvgIpc) is 2.87. The summed E-state index contributed by atoms with van der Waals surface area (Å²) in [4.78, 5) is 29.7. The summed E-state index contributed by atoms with van der Waals surface area (Å²) < 4.78 is 5.70. The maximum absolute atomic E-state index is 12.9. The highest BCUT2D eigenvalue weighted by molar-refractivity contribution is 6.09. The smallest absolute Gasteiger partial charge is 0.265 e. The van der Waals surface area contributed by atoms with Crippen molar-refractivity contribution < 1.29 is 14.3 Å². The lowest BCUT2D eigenvalue weighted by Crippen LogP contribution is -2.45. The number of hydrogen-bond donors (Lipinski definition) is 2. The molecule has 0 aliphatic carbocycles. The number of fused-ring (bicyclic) bond motifs is 1. The van der Waals surface area contributed by atoms with Gasteiger partial charge in [-0.3, -0.25) is 19.4 Å². The first-order chi connectivity index (χ1) is 17.0. The third-order valence-electron chi connectivity index (χ3n) is 6.51. The zero-order valence-electron chi connectivity index (χ0n) is 19.9. The van der Waals surface area contributed by atoms with Crippen LogP contribution in [0.15, 0.2) is 72.8 Å². The van der Waals surface area contributed by atoms with E-state index in [9.17, 15) is 9.59 Å². The molecule has 180 valence electrons. The number of hydrogen-bond acceptors (Lipinski definition) is 5. The van der Waals surface area contributed by atoms with Crippen LogP contribution in [0.5, 0.6) is 5.75 Å². The monoisotopic (exact) mass is 470 g/mol. The highest BCUT2D eigenvalue weighted by Gasteiger charge is 2.27. The van der Waals surface area contributed by atoms with Crippen molar-refractivity contribution in [2.75, 3.05) is 36.8 Å². The Balaban J connectivity index is 1.14. The van der Waals surface area contributed by atoms with Crippen LogP contribution in [0.4, 0.5) is 11.4 Å². The fourth-order valence-electron chi connectivity index (χ4n) is 4.50. The first-order valence-electron chi connectivity index (χ1n) is 12.0. The first kappa shape index (κ1) is 23.1. The number of nitrogens with one attached hydrogen (secondary N) is 2. The zero-order valence-corrected chi connectivity index (χ0v) is 19.9. The third-order valence-corrected chi connectivity index (χ3v) is 6.51. The van der Waals surface area contributed by atoms with E-state index in [2.05, 4.69) is 62.9 Å². The van der Waals surface area contributed by atoms with E-state index in [0.717, 1.165) is 45.0 Å². The summed E-state index contributed by atoms with van der Waals surface area (Å²) in [6.45, 7) is 7.76. The van der Waals surface area contributed by atoms with E-state index in [1.54, 1.807) is 25.1 Å². The Morgan fingerprint density at radius 1 is 0.886 bits per heavy atom. The Kier molecular flexibility index (Phi) is 6.79. The predicted molar refractivity (Wildman–Crippen MR) is 137 cm³/mol. The Morgan fingerprint density at radius 3 is 2.17 bits per heavy atom. The van der Waals surface area contributed by atoms with Crippen LogP contribution in [0.25, 0.3) is 0 Å². The van der Waals surface area contributed by atoms with Gasteiger partial charge in [-0.15, -0.1) is 0 Å². The maximum Gasteiger partial charge on any atom is 0.265 e. The Morgan fingerprint density at radius 2 is 1.51 bits per heavy atom. The van der Waals surface area contributed by atoms with Crippen molar-refractivity contribution in [2.24, 2.45) is 0 Å². The van der Waals surface area contributed by atoms with E-state index < -0.39 is 6.10 Å². The average molecular weight is 471 g/mol. The van der Waals surface area contributed by atoms with E-state index in [4.69, 9.17) is 4.74 Å². The molecule has 3 aromatic rings. The summed E-state index contributed by atoms with van der Waals surface area (Å²) in [6.07, 6.45) is -0.643. The van der Waals surface area contributed by atoms with E-state index in [1.165, 1.54) is 11.1 Å². The van der Waals surface area contributed by atoms with Crippen LogP contribution in [0.3, 0.4) is 0 Å². The largest absolute Gasteiger partial charge is 0.478 e. The molecule has 3 aromatic carbocycles. The molecular weight excluding hydrogens is 440 g/mol. The molecule has 1 unspecified atom stereocenters. The van der Waals surface area contributed by atoms with Crippen LogP contribution in [-0.4, -0.2) is 53.9 Å². The molecule has 35 heavy (non-hydrogen) atoms. The van der Waals surface area contributed by atoms with Crippen molar-refractivity contribution in [1.29, 1.82) is 0 Å².